The number of carbonyl (C=O) groups excluding carboxylic acids is 1. The van der Waals surface area contributed by atoms with Crippen LogP contribution < -0.4 is 10.1 Å². The average molecular weight is 483 g/mol. The Kier molecular flexibility index (Phi) is 7.62. The second-order valence-electron chi connectivity index (χ2n) is 9.63. The number of piperidine rings is 1. The standard InChI is InChI=1S/C30H34N4O2/c1-23-8-5-6-17-33(23)18-19-34-29-12-7-11-28(27(29)21-31-34)32-30(35)20-24-13-15-26(16-14-24)36-22-25-9-3-2-4-10-25/h2-4,7,9-16,21,23H,5-6,8,17-20,22H2,1H3,(H,32,35)/t23-/m1/s1. The van der Waals surface area contributed by atoms with Crippen molar-refractivity contribution in [2.45, 2.75) is 51.8 Å². The number of carbonyl (C=O) groups is 1. The third kappa shape index (κ3) is 5.94. The van der Waals surface area contributed by atoms with Gasteiger partial charge in [-0.3, -0.25) is 14.4 Å². The van der Waals surface area contributed by atoms with E-state index in [0.717, 1.165) is 46.6 Å². The Morgan fingerprint density at radius 1 is 0.972 bits per heavy atom. The zero-order chi connectivity index (χ0) is 24.7. The van der Waals surface area contributed by atoms with Crippen molar-refractivity contribution in [3.63, 3.8) is 0 Å². The van der Waals surface area contributed by atoms with Crippen molar-refractivity contribution in [3.8, 4) is 5.75 Å². The van der Waals surface area contributed by atoms with E-state index in [1.807, 2.05) is 72.9 Å². The molecule has 1 aliphatic rings. The van der Waals surface area contributed by atoms with Crippen LogP contribution >= 0.6 is 0 Å². The van der Waals surface area contributed by atoms with Crippen LogP contribution in [0.2, 0.25) is 0 Å². The van der Waals surface area contributed by atoms with Crippen LogP contribution in [-0.4, -0.2) is 39.7 Å². The Morgan fingerprint density at radius 3 is 2.61 bits per heavy atom. The van der Waals surface area contributed by atoms with Crippen LogP contribution in [0.5, 0.6) is 5.75 Å². The molecule has 1 aliphatic heterocycles. The van der Waals surface area contributed by atoms with Crippen molar-refractivity contribution in [3.05, 3.63) is 90.1 Å². The molecule has 6 heteroatoms. The predicted molar refractivity (Wildman–Crippen MR) is 144 cm³/mol. The quantitative estimate of drug-likeness (QED) is 0.334. The molecule has 0 saturated carbocycles. The van der Waals surface area contributed by atoms with E-state index in [2.05, 4.69) is 33.0 Å². The van der Waals surface area contributed by atoms with Crippen LogP contribution in [0.15, 0.2) is 79.0 Å². The first kappa shape index (κ1) is 24.1. The molecule has 0 aliphatic carbocycles. The van der Waals surface area contributed by atoms with Crippen molar-refractivity contribution in [1.82, 2.24) is 14.7 Å². The van der Waals surface area contributed by atoms with E-state index in [1.54, 1.807) is 0 Å². The number of aromatic nitrogens is 2. The fraction of sp³-hybridized carbons (Fsp3) is 0.333. The summed E-state index contributed by atoms with van der Waals surface area (Å²) in [5, 5.41) is 8.69. The molecule has 2 heterocycles. The maximum atomic E-state index is 12.8. The summed E-state index contributed by atoms with van der Waals surface area (Å²) in [6, 6.07) is 24.4. The third-order valence-electron chi connectivity index (χ3n) is 7.04. The SMILES string of the molecule is C[C@@H]1CCCCN1CCn1ncc2c(NC(=O)Cc3ccc(OCc4ccccc4)cc3)cccc21. The maximum Gasteiger partial charge on any atom is 0.228 e. The molecule has 0 radical (unpaired) electrons. The second kappa shape index (κ2) is 11.4. The molecule has 4 aromatic rings. The molecule has 1 aromatic heterocycles. The molecule has 6 nitrogen and oxygen atoms in total. The van der Waals surface area contributed by atoms with Gasteiger partial charge in [-0.15, -0.1) is 0 Å². The van der Waals surface area contributed by atoms with Crippen molar-refractivity contribution >= 4 is 22.5 Å². The van der Waals surface area contributed by atoms with E-state index in [9.17, 15) is 4.79 Å². The molecule has 0 unspecified atom stereocenters. The number of nitrogens with one attached hydrogen (secondary N) is 1. The molecule has 1 fully saturated rings. The Balaban J connectivity index is 1.17. The van der Waals surface area contributed by atoms with E-state index in [0.29, 0.717) is 19.1 Å². The smallest absolute Gasteiger partial charge is 0.228 e. The lowest BCUT2D eigenvalue weighted by Gasteiger charge is -2.33. The van der Waals surface area contributed by atoms with Gasteiger partial charge in [-0.2, -0.15) is 5.10 Å². The lowest BCUT2D eigenvalue weighted by molar-refractivity contribution is -0.115. The summed E-state index contributed by atoms with van der Waals surface area (Å²) < 4.78 is 7.91. The van der Waals surface area contributed by atoms with Crippen LogP contribution in [0, 0.1) is 0 Å². The minimum Gasteiger partial charge on any atom is -0.489 e. The van der Waals surface area contributed by atoms with Gasteiger partial charge in [0, 0.05) is 18.0 Å². The molecule has 3 aromatic carbocycles. The van der Waals surface area contributed by atoms with Crippen LogP contribution in [-0.2, 0) is 24.4 Å². The minimum absolute atomic E-state index is 0.0460. The van der Waals surface area contributed by atoms with E-state index in [-0.39, 0.29) is 5.91 Å². The van der Waals surface area contributed by atoms with Gasteiger partial charge in [-0.05, 0) is 61.7 Å². The number of anilines is 1. The Bertz CT molecular complexity index is 1280. The van der Waals surface area contributed by atoms with Gasteiger partial charge >= 0.3 is 0 Å². The number of hydrogen-bond donors (Lipinski definition) is 1. The Hall–Kier alpha value is -3.64. The van der Waals surface area contributed by atoms with Gasteiger partial charge in [0.25, 0.3) is 0 Å². The number of benzene rings is 3. The Morgan fingerprint density at radius 2 is 1.81 bits per heavy atom. The fourth-order valence-electron chi connectivity index (χ4n) is 4.93. The molecule has 186 valence electrons. The summed E-state index contributed by atoms with van der Waals surface area (Å²) in [6.07, 6.45) is 6.06. The number of nitrogens with zero attached hydrogens (tertiary/aromatic N) is 3. The van der Waals surface area contributed by atoms with E-state index < -0.39 is 0 Å². The third-order valence-corrected chi connectivity index (χ3v) is 7.04. The molecule has 5 rings (SSSR count). The summed E-state index contributed by atoms with van der Waals surface area (Å²) >= 11 is 0. The molecule has 1 atom stereocenters. The molecule has 1 saturated heterocycles. The average Bonchev–Trinajstić information content (AvgIpc) is 3.32. The lowest BCUT2D eigenvalue weighted by Crippen LogP contribution is -2.39. The van der Waals surface area contributed by atoms with Gasteiger partial charge in [0.2, 0.25) is 5.91 Å². The number of likely N-dealkylation sites (tertiary alicyclic amines) is 1. The summed E-state index contributed by atoms with van der Waals surface area (Å²) in [5.41, 5.74) is 3.92. The topological polar surface area (TPSA) is 59.4 Å². The van der Waals surface area contributed by atoms with Gasteiger partial charge in [0.15, 0.2) is 0 Å². The van der Waals surface area contributed by atoms with Crippen molar-refractivity contribution in [2.24, 2.45) is 0 Å². The number of amides is 1. The summed E-state index contributed by atoms with van der Waals surface area (Å²) in [7, 11) is 0. The monoisotopic (exact) mass is 482 g/mol. The normalized spacial score (nSPS) is 16.2. The summed E-state index contributed by atoms with van der Waals surface area (Å²) in [5.74, 6) is 0.745. The zero-order valence-electron chi connectivity index (χ0n) is 20.9. The number of rotatable bonds is 9. The van der Waals surface area contributed by atoms with Crippen molar-refractivity contribution < 1.29 is 9.53 Å². The first-order valence-corrected chi connectivity index (χ1v) is 12.9. The van der Waals surface area contributed by atoms with Gasteiger partial charge in [-0.25, -0.2) is 0 Å². The second-order valence-corrected chi connectivity index (χ2v) is 9.63. The van der Waals surface area contributed by atoms with Gasteiger partial charge in [-0.1, -0.05) is 55.0 Å². The van der Waals surface area contributed by atoms with Gasteiger partial charge in [0.05, 0.1) is 30.4 Å². The number of fused-ring (bicyclic) bond motifs is 1. The number of hydrogen-bond acceptors (Lipinski definition) is 4. The predicted octanol–water partition coefficient (Wildman–Crippen LogP) is 5.67. The van der Waals surface area contributed by atoms with Crippen molar-refractivity contribution in [2.75, 3.05) is 18.4 Å². The molecular weight excluding hydrogens is 448 g/mol. The maximum absolute atomic E-state index is 12.8. The van der Waals surface area contributed by atoms with E-state index >= 15 is 0 Å². The van der Waals surface area contributed by atoms with E-state index in [4.69, 9.17) is 4.74 Å². The molecular formula is C30H34N4O2. The zero-order valence-corrected chi connectivity index (χ0v) is 20.9. The van der Waals surface area contributed by atoms with Crippen LogP contribution in [0.25, 0.3) is 10.9 Å². The fourth-order valence-corrected chi connectivity index (χ4v) is 4.93. The largest absolute Gasteiger partial charge is 0.489 e. The first-order chi connectivity index (χ1) is 17.7. The minimum atomic E-state index is -0.0460. The van der Waals surface area contributed by atoms with Gasteiger partial charge < -0.3 is 10.1 Å². The molecule has 1 N–H and O–H groups in total. The Labute approximate surface area is 212 Å². The van der Waals surface area contributed by atoms with Crippen molar-refractivity contribution in [1.29, 1.82) is 0 Å². The van der Waals surface area contributed by atoms with Crippen LogP contribution in [0.1, 0.15) is 37.3 Å². The van der Waals surface area contributed by atoms with E-state index in [1.165, 1.54) is 25.8 Å². The highest BCUT2D eigenvalue weighted by Gasteiger charge is 2.18. The summed E-state index contributed by atoms with van der Waals surface area (Å²) in [6.45, 7) is 5.86. The number of ether oxygens (including phenoxy) is 1. The van der Waals surface area contributed by atoms with Crippen LogP contribution in [0.4, 0.5) is 5.69 Å². The summed E-state index contributed by atoms with van der Waals surface area (Å²) in [4.78, 5) is 15.4. The molecule has 36 heavy (non-hydrogen) atoms. The van der Waals surface area contributed by atoms with Gasteiger partial charge in [0.1, 0.15) is 12.4 Å². The molecule has 1 amide bonds. The highest BCUT2D eigenvalue weighted by molar-refractivity contribution is 6.01. The highest BCUT2D eigenvalue weighted by Crippen LogP contribution is 2.24. The highest BCUT2D eigenvalue weighted by atomic mass is 16.5. The molecule has 0 bridgehead atoms. The first-order valence-electron chi connectivity index (χ1n) is 12.9. The lowest BCUT2D eigenvalue weighted by atomic mass is 10.0. The van der Waals surface area contributed by atoms with Crippen LogP contribution in [0.3, 0.4) is 0 Å². The molecule has 0 spiro atoms.